The Labute approximate surface area is 216 Å². The lowest BCUT2D eigenvalue weighted by atomic mass is 10.0. The van der Waals surface area contributed by atoms with E-state index in [2.05, 4.69) is 4.98 Å². The number of benzene rings is 1. The fourth-order valence-corrected chi connectivity index (χ4v) is 5.84. The van der Waals surface area contributed by atoms with E-state index >= 15 is 0 Å². The number of carbonyl (C=O) groups is 1. The molecule has 9 nitrogen and oxygen atoms in total. The van der Waals surface area contributed by atoms with E-state index in [9.17, 15) is 26.0 Å². The van der Waals surface area contributed by atoms with Gasteiger partial charge in [0.05, 0.1) is 40.4 Å². The third-order valence-electron chi connectivity index (χ3n) is 6.18. The van der Waals surface area contributed by atoms with Crippen LogP contribution in [0.15, 0.2) is 34.7 Å². The number of pyridine rings is 1. The Balaban J connectivity index is 1.96. The summed E-state index contributed by atoms with van der Waals surface area (Å²) in [4.78, 5) is 16.9. The molecule has 37 heavy (non-hydrogen) atoms. The summed E-state index contributed by atoms with van der Waals surface area (Å²) in [7, 11) is -6.84. The molecule has 1 amide bonds. The van der Waals surface area contributed by atoms with Gasteiger partial charge in [-0.25, -0.2) is 26.2 Å². The van der Waals surface area contributed by atoms with Crippen molar-refractivity contribution in [2.75, 3.05) is 18.6 Å². The maximum absolute atomic E-state index is 13.4. The molecule has 0 radical (unpaired) electrons. The topological polar surface area (TPSA) is 141 Å². The SMILES string of the molecule is CCc1cc2c(C(N)=O)c(-c3ccc(F)cc3)oc2nc1CN(CCCCS(=O)(=O)C(C)C)S(C)(=O)=O. The van der Waals surface area contributed by atoms with E-state index in [0.29, 0.717) is 41.5 Å². The van der Waals surface area contributed by atoms with Gasteiger partial charge in [0.25, 0.3) is 5.91 Å². The van der Waals surface area contributed by atoms with Gasteiger partial charge in [-0.15, -0.1) is 0 Å². The first kappa shape index (κ1) is 28.7. The van der Waals surface area contributed by atoms with Crippen LogP contribution in [-0.4, -0.2) is 55.8 Å². The van der Waals surface area contributed by atoms with E-state index < -0.39 is 36.8 Å². The minimum absolute atomic E-state index is 0.0128. The molecule has 2 heterocycles. The number of hydrogen-bond donors (Lipinski definition) is 1. The summed E-state index contributed by atoms with van der Waals surface area (Å²) in [6.45, 7) is 5.19. The van der Waals surface area contributed by atoms with Crippen molar-refractivity contribution in [1.29, 1.82) is 0 Å². The predicted molar refractivity (Wildman–Crippen MR) is 141 cm³/mol. The number of furan rings is 1. The maximum atomic E-state index is 13.4. The van der Waals surface area contributed by atoms with Gasteiger partial charge in [-0.1, -0.05) is 6.92 Å². The second-order valence-electron chi connectivity index (χ2n) is 9.20. The Hall–Kier alpha value is -2.83. The molecule has 0 fully saturated rings. The number of unbranched alkanes of at least 4 members (excludes halogenated alkanes) is 1. The summed E-state index contributed by atoms with van der Waals surface area (Å²) in [6.07, 6.45) is 2.29. The van der Waals surface area contributed by atoms with Gasteiger partial charge in [0.2, 0.25) is 15.7 Å². The minimum Gasteiger partial charge on any atom is -0.437 e. The Morgan fingerprint density at radius 2 is 1.78 bits per heavy atom. The van der Waals surface area contributed by atoms with Gasteiger partial charge in [0.15, 0.2) is 9.84 Å². The molecule has 0 aliphatic carbocycles. The maximum Gasteiger partial charge on any atom is 0.253 e. The standard InChI is InChI=1S/C25H32FN3O6S2/c1-5-17-14-20-22(24(27)30)23(18-8-10-19(26)11-9-18)35-25(20)28-21(17)15-29(36(4,31)32)12-6-7-13-37(33,34)16(2)3/h8-11,14,16H,5-7,12-13,15H2,1-4H3,(H2,27,30). The number of sulfone groups is 1. The fourth-order valence-electron chi connectivity index (χ4n) is 3.95. The molecule has 0 saturated carbocycles. The second kappa shape index (κ2) is 11.3. The van der Waals surface area contributed by atoms with E-state index in [1.54, 1.807) is 19.9 Å². The van der Waals surface area contributed by atoms with E-state index in [4.69, 9.17) is 10.2 Å². The summed E-state index contributed by atoms with van der Waals surface area (Å²) >= 11 is 0. The molecule has 2 N–H and O–H groups in total. The molecule has 0 aliphatic rings. The van der Waals surface area contributed by atoms with Crippen LogP contribution in [0.2, 0.25) is 0 Å². The van der Waals surface area contributed by atoms with Crippen LogP contribution in [0.3, 0.4) is 0 Å². The number of amides is 1. The van der Waals surface area contributed by atoms with Crippen LogP contribution in [0.4, 0.5) is 4.39 Å². The Kier molecular flexibility index (Phi) is 8.76. The van der Waals surface area contributed by atoms with Crippen LogP contribution in [0.5, 0.6) is 0 Å². The largest absolute Gasteiger partial charge is 0.437 e. The van der Waals surface area contributed by atoms with Crippen molar-refractivity contribution >= 4 is 36.9 Å². The van der Waals surface area contributed by atoms with E-state index in [0.717, 1.165) is 6.26 Å². The molecular weight excluding hydrogens is 521 g/mol. The number of sulfonamides is 1. The molecule has 3 aromatic rings. The third-order valence-corrected chi connectivity index (χ3v) is 9.73. The van der Waals surface area contributed by atoms with Crippen molar-refractivity contribution in [3.8, 4) is 11.3 Å². The van der Waals surface area contributed by atoms with Crippen LogP contribution < -0.4 is 5.73 Å². The highest BCUT2D eigenvalue weighted by molar-refractivity contribution is 7.91. The van der Waals surface area contributed by atoms with Gasteiger partial charge < -0.3 is 10.2 Å². The highest BCUT2D eigenvalue weighted by Gasteiger charge is 2.25. The van der Waals surface area contributed by atoms with Crippen LogP contribution >= 0.6 is 0 Å². The van der Waals surface area contributed by atoms with Crippen molar-refractivity contribution in [2.45, 2.75) is 51.8 Å². The van der Waals surface area contributed by atoms with Gasteiger partial charge in [0.1, 0.15) is 11.6 Å². The summed E-state index contributed by atoms with van der Waals surface area (Å²) in [5, 5.41) is -0.0998. The molecule has 3 rings (SSSR count). The number of nitrogens with zero attached hydrogens (tertiary/aromatic N) is 2. The van der Waals surface area contributed by atoms with Crippen molar-refractivity contribution in [3.63, 3.8) is 0 Å². The van der Waals surface area contributed by atoms with Gasteiger partial charge in [-0.3, -0.25) is 4.79 Å². The summed E-state index contributed by atoms with van der Waals surface area (Å²) in [5.74, 6) is -1.04. The number of rotatable bonds is 12. The number of primary amides is 1. The van der Waals surface area contributed by atoms with Gasteiger partial charge in [0, 0.05) is 12.1 Å². The van der Waals surface area contributed by atoms with Crippen LogP contribution in [0.1, 0.15) is 55.2 Å². The first-order valence-electron chi connectivity index (χ1n) is 11.9. The first-order valence-corrected chi connectivity index (χ1v) is 15.5. The lowest BCUT2D eigenvalue weighted by Crippen LogP contribution is -2.31. The van der Waals surface area contributed by atoms with E-state index in [1.807, 2.05) is 6.92 Å². The van der Waals surface area contributed by atoms with Crippen molar-refractivity contribution in [1.82, 2.24) is 9.29 Å². The second-order valence-corrected chi connectivity index (χ2v) is 13.9. The quantitative estimate of drug-likeness (QED) is 0.338. The molecule has 1 aromatic carbocycles. The fraction of sp³-hybridized carbons (Fsp3) is 0.440. The first-order chi connectivity index (χ1) is 17.2. The van der Waals surface area contributed by atoms with Crippen molar-refractivity contribution in [3.05, 3.63) is 53.0 Å². The Morgan fingerprint density at radius 1 is 1.14 bits per heavy atom. The number of aryl methyl sites for hydroxylation is 1. The average molecular weight is 554 g/mol. The van der Waals surface area contributed by atoms with E-state index in [1.165, 1.54) is 28.6 Å². The minimum atomic E-state index is -3.63. The van der Waals surface area contributed by atoms with Gasteiger partial charge in [-0.2, -0.15) is 4.31 Å². The number of nitrogens with two attached hydrogens (primary N) is 1. The smallest absolute Gasteiger partial charge is 0.253 e. The van der Waals surface area contributed by atoms with Gasteiger partial charge >= 0.3 is 0 Å². The number of aromatic nitrogens is 1. The number of halogens is 1. The molecule has 0 atom stereocenters. The molecule has 0 bridgehead atoms. The summed E-state index contributed by atoms with van der Waals surface area (Å²) < 4.78 is 69.7. The van der Waals surface area contributed by atoms with Crippen LogP contribution in [-0.2, 0) is 32.8 Å². The monoisotopic (exact) mass is 553 g/mol. The molecule has 0 aliphatic heterocycles. The predicted octanol–water partition coefficient (Wildman–Crippen LogP) is 3.66. The highest BCUT2D eigenvalue weighted by Crippen LogP contribution is 2.34. The lowest BCUT2D eigenvalue weighted by molar-refractivity contribution is 0.100. The van der Waals surface area contributed by atoms with Crippen molar-refractivity contribution in [2.24, 2.45) is 5.73 Å². The normalized spacial score (nSPS) is 12.6. The van der Waals surface area contributed by atoms with Crippen LogP contribution in [0, 0.1) is 5.82 Å². The Morgan fingerprint density at radius 3 is 2.32 bits per heavy atom. The molecule has 2 aromatic heterocycles. The van der Waals surface area contributed by atoms with E-state index in [-0.39, 0.29) is 35.9 Å². The molecule has 0 saturated heterocycles. The molecular formula is C25H32FN3O6S2. The zero-order valence-electron chi connectivity index (χ0n) is 21.3. The van der Waals surface area contributed by atoms with Gasteiger partial charge in [-0.05, 0) is 69.0 Å². The highest BCUT2D eigenvalue weighted by atomic mass is 32.2. The number of hydrogen-bond acceptors (Lipinski definition) is 7. The zero-order chi connectivity index (χ0) is 27.5. The summed E-state index contributed by atoms with van der Waals surface area (Å²) in [5.41, 5.74) is 7.47. The third kappa shape index (κ3) is 6.74. The number of carbonyl (C=O) groups excluding carboxylic acids is 1. The zero-order valence-corrected chi connectivity index (χ0v) is 23.0. The molecule has 0 spiro atoms. The molecule has 0 unspecified atom stereocenters. The summed E-state index contributed by atoms with van der Waals surface area (Å²) in [6, 6.07) is 7.11. The molecule has 202 valence electrons. The average Bonchev–Trinajstić information content (AvgIpc) is 3.18. The van der Waals surface area contributed by atoms with Crippen LogP contribution in [0.25, 0.3) is 22.4 Å². The molecule has 12 heteroatoms. The Bertz CT molecular complexity index is 1500. The lowest BCUT2D eigenvalue weighted by Gasteiger charge is -2.21. The van der Waals surface area contributed by atoms with Crippen molar-refractivity contribution < 1.29 is 30.4 Å². The number of fused-ring (bicyclic) bond motifs is 1.